The van der Waals surface area contributed by atoms with E-state index in [1.165, 1.54) is 5.56 Å². The van der Waals surface area contributed by atoms with Gasteiger partial charge in [0, 0.05) is 30.9 Å². The van der Waals surface area contributed by atoms with Gasteiger partial charge in [-0.3, -0.25) is 0 Å². The van der Waals surface area contributed by atoms with Gasteiger partial charge in [0.05, 0.1) is 17.0 Å². The highest BCUT2D eigenvalue weighted by molar-refractivity contribution is 7.09. The van der Waals surface area contributed by atoms with E-state index < -0.39 is 0 Å². The molecule has 0 aliphatic rings. The molecular weight excluding hydrogens is 332 g/mol. The van der Waals surface area contributed by atoms with E-state index in [-0.39, 0.29) is 0 Å². The molecule has 25 heavy (non-hydrogen) atoms. The SMILES string of the molecule is Cc1nc(COc2ccc(CNCC(C)Cn3ccnc3)cc2)cs1. The number of thiazole rings is 1. The largest absolute Gasteiger partial charge is 0.487 e. The molecule has 0 saturated carbocycles. The van der Waals surface area contributed by atoms with E-state index in [0.717, 1.165) is 36.1 Å². The van der Waals surface area contributed by atoms with Crippen LogP contribution in [0.1, 0.15) is 23.2 Å². The molecule has 2 aromatic heterocycles. The number of benzene rings is 1. The number of aryl methyl sites for hydroxylation is 1. The van der Waals surface area contributed by atoms with Crippen LogP contribution in [0.25, 0.3) is 0 Å². The van der Waals surface area contributed by atoms with Crippen molar-refractivity contribution in [2.75, 3.05) is 6.54 Å². The summed E-state index contributed by atoms with van der Waals surface area (Å²) < 4.78 is 7.89. The zero-order valence-electron chi connectivity index (χ0n) is 14.7. The highest BCUT2D eigenvalue weighted by Crippen LogP contribution is 2.15. The summed E-state index contributed by atoms with van der Waals surface area (Å²) >= 11 is 1.65. The molecule has 5 nitrogen and oxygen atoms in total. The number of ether oxygens (including phenoxy) is 1. The highest BCUT2D eigenvalue weighted by Gasteiger charge is 2.04. The minimum atomic E-state index is 0.522. The average Bonchev–Trinajstić information content (AvgIpc) is 3.26. The van der Waals surface area contributed by atoms with Gasteiger partial charge in [-0.25, -0.2) is 9.97 Å². The summed E-state index contributed by atoms with van der Waals surface area (Å²) in [6.07, 6.45) is 5.68. The Bertz CT molecular complexity index is 752. The van der Waals surface area contributed by atoms with Gasteiger partial charge in [0.2, 0.25) is 0 Å². The molecule has 3 aromatic rings. The zero-order valence-corrected chi connectivity index (χ0v) is 15.5. The van der Waals surface area contributed by atoms with Crippen molar-refractivity contribution in [1.29, 1.82) is 0 Å². The first kappa shape index (κ1) is 17.6. The standard InChI is InChI=1S/C19H24N4OS/c1-15(11-23-8-7-20-14-23)9-21-10-17-3-5-19(6-4-17)24-12-18-13-25-16(2)22-18/h3-8,13-15,21H,9-12H2,1-2H3. The summed E-state index contributed by atoms with van der Waals surface area (Å²) in [7, 11) is 0. The highest BCUT2D eigenvalue weighted by atomic mass is 32.1. The Balaban J connectivity index is 1.38. The number of hydrogen-bond acceptors (Lipinski definition) is 5. The Morgan fingerprint density at radius 2 is 2.12 bits per heavy atom. The molecule has 1 unspecified atom stereocenters. The number of hydrogen-bond donors (Lipinski definition) is 1. The van der Waals surface area contributed by atoms with Crippen LogP contribution >= 0.6 is 11.3 Å². The predicted molar refractivity (Wildman–Crippen MR) is 101 cm³/mol. The van der Waals surface area contributed by atoms with Crippen molar-refractivity contribution >= 4 is 11.3 Å². The predicted octanol–water partition coefficient (Wildman–Crippen LogP) is 3.65. The number of aromatic nitrogens is 3. The summed E-state index contributed by atoms with van der Waals surface area (Å²) in [5.74, 6) is 1.43. The van der Waals surface area contributed by atoms with Crippen LogP contribution < -0.4 is 10.1 Å². The molecule has 0 fully saturated rings. The number of imidazole rings is 1. The second-order valence-electron chi connectivity index (χ2n) is 6.29. The molecule has 0 saturated heterocycles. The number of rotatable bonds is 9. The summed E-state index contributed by atoms with van der Waals surface area (Å²) in [6.45, 7) is 7.58. The molecule has 0 aliphatic carbocycles. The van der Waals surface area contributed by atoms with E-state index in [1.54, 1.807) is 11.3 Å². The molecule has 1 atom stereocenters. The molecule has 3 rings (SSSR count). The van der Waals surface area contributed by atoms with Crippen molar-refractivity contribution < 1.29 is 4.74 Å². The van der Waals surface area contributed by atoms with Crippen LogP contribution in [0.15, 0.2) is 48.4 Å². The molecule has 0 radical (unpaired) electrons. The fourth-order valence-electron chi connectivity index (χ4n) is 2.62. The molecule has 0 spiro atoms. The third-order valence-electron chi connectivity index (χ3n) is 3.88. The zero-order chi connectivity index (χ0) is 17.5. The van der Waals surface area contributed by atoms with Gasteiger partial charge in [-0.05, 0) is 37.1 Å². The van der Waals surface area contributed by atoms with Crippen molar-refractivity contribution in [2.45, 2.75) is 33.5 Å². The average molecular weight is 356 g/mol. The number of nitrogens with zero attached hydrogens (tertiary/aromatic N) is 3. The second-order valence-corrected chi connectivity index (χ2v) is 7.35. The van der Waals surface area contributed by atoms with Gasteiger partial charge in [0.25, 0.3) is 0 Å². The van der Waals surface area contributed by atoms with Gasteiger partial charge in [0.1, 0.15) is 12.4 Å². The Morgan fingerprint density at radius 1 is 1.28 bits per heavy atom. The molecule has 0 amide bonds. The lowest BCUT2D eigenvalue weighted by molar-refractivity contribution is 0.302. The van der Waals surface area contributed by atoms with Crippen LogP contribution in [0.2, 0.25) is 0 Å². The van der Waals surface area contributed by atoms with Crippen molar-refractivity contribution in [3.63, 3.8) is 0 Å². The van der Waals surface area contributed by atoms with E-state index >= 15 is 0 Å². The van der Waals surface area contributed by atoms with Crippen molar-refractivity contribution in [3.8, 4) is 5.75 Å². The normalized spacial score (nSPS) is 12.2. The van der Waals surface area contributed by atoms with Crippen LogP contribution in [0.3, 0.4) is 0 Å². The first-order valence-electron chi connectivity index (χ1n) is 8.48. The Morgan fingerprint density at radius 3 is 2.80 bits per heavy atom. The lowest BCUT2D eigenvalue weighted by atomic mass is 10.1. The molecule has 6 heteroatoms. The summed E-state index contributed by atoms with van der Waals surface area (Å²) in [5, 5.41) is 6.62. The minimum absolute atomic E-state index is 0.522. The smallest absolute Gasteiger partial charge is 0.131 e. The molecule has 1 aromatic carbocycles. The maximum Gasteiger partial charge on any atom is 0.131 e. The van der Waals surface area contributed by atoms with Gasteiger partial charge < -0.3 is 14.6 Å². The lowest BCUT2D eigenvalue weighted by Gasteiger charge is -2.13. The first-order valence-corrected chi connectivity index (χ1v) is 9.36. The van der Waals surface area contributed by atoms with Gasteiger partial charge in [0.15, 0.2) is 0 Å². The topological polar surface area (TPSA) is 52.0 Å². The molecule has 2 heterocycles. The Kier molecular flexibility index (Phi) is 6.19. The maximum atomic E-state index is 5.78. The summed E-state index contributed by atoms with van der Waals surface area (Å²) in [6, 6.07) is 8.25. The van der Waals surface area contributed by atoms with Crippen LogP contribution in [-0.4, -0.2) is 21.1 Å². The van der Waals surface area contributed by atoms with E-state index in [0.29, 0.717) is 12.5 Å². The van der Waals surface area contributed by atoms with Gasteiger partial charge in [-0.2, -0.15) is 0 Å². The molecule has 0 bridgehead atoms. The Labute approximate surface area is 152 Å². The minimum Gasteiger partial charge on any atom is -0.487 e. The van der Waals surface area contributed by atoms with Crippen LogP contribution in [0.5, 0.6) is 5.75 Å². The van der Waals surface area contributed by atoms with Crippen LogP contribution in [-0.2, 0) is 19.7 Å². The van der Waals surface area contributed by atoms with Gasteiger partial charge >= 0.3 is 0 Å². The lowest BCUT2D eigenvalue weighted by Crippen LogP contribution is -2.23. The second kappa shape index (κ2) is 8.78. The molecule has 1 N–H and O–H groups in total. The third kappa shape index (κ3) is 5.69. The first-order chi connectivity index (χ1) is 12.2. The van der Waals surface area contributed by atoms with E-state index in [4.69, 9.17) is 4.74 Å². The third-order valence-corrected chi connectivity index (χ3v) is 4.70. The van der Waals surface area contributed by atoms with E-state index in [2.05, 4.69) is 38.9 Å². The number of nitrogens with one attached hydrogen (secondary N) is 1. The van der Waals surface area contributed by atoms with E-state index in [1.807, 2.05) is 43.2 Å². The molecule has 0 aliphatic heterocycles. The monoisotopic (exact) mass is 356 g/mol. The molecule has 132 valence electrons. The van der Waals surface area contributed by atoms with Crippen molar-refractivity contribution in [1.82, 2.24) is 19.9 Å². The quantitative estimate of drug-likeness (QED) is 0.636. The van der Waals surface area contributed by atoms with E-state index in [9.17, 15) is 0 Å². The summed E-state index contributed by atoms with van der Waals surface area (Å²) in [5.41, 5.74) is 2.24. The van der Waals surface area contributed by atoms with Gasteiger partial charge in [-0.1, -0.05) is 19.1 Å². The van der Waals surface area contributed by atoms with Crippen LogP contribution in [0, 0.1) is 12.8 Å². The fraction of sp³-hybridized carbons (Fsp3) is 0.368. The summed E-state index contributed by atoms with van der Waals surface area (Å²) in [4.78, 5) is 8.48. The van der Waals surface area contributed by atoms with Gasteiger partial charge in [-0.15, -0.1) is 11.3 Å². The molecular formula is C19H24N4OS. The van der Waals surface area contributed by atoms with Crippen molar-refractivity contribution in [2.24, 2.45) is 5.92 Å². The van der Waals surface area contributed by atoms with Crippen LogP contribution in [0.4, 0.5) is 0 Å². The maximum absolute atomic E-state index is 5.78. The fourth-order valence-corrected chi connectivity index (χ4v) is 3.21. The Hall–Kier alpha value is -2.18. The van der Waals surface area contributed by atoms with Crippen molar-refractivity contribution in [3.05, 3.63) is 64.6 Å².